The van der Waals surface area contributed by atoms with E-state index in [1.54, 1.807) is 6.92 Å². The fraction of sp³-hybridized carbons (Fsp3) is 0.263. The Hall–Kier alpha value is -3.38. The second-order valence-corrected chi connectivity index (χ2v) is 6.52. The largest absolute Gasteiger partial charge is 0.419 e. The van der Waals surface area contributed by atoms with Crippen LogP contribution >= 0.6 is 0 Å². The molecule has 1 amide bonds. The van der Waals surface area contributed by atoms with Crippen LogP contribution in [0.4, 0.5) is 23.4 Å². The van der Waals surface area contributed by atoms with Crippen LogP contribution in [0.3, 0.4) is 0 Å². The van der Waals surface area contributed by atoms with Gasteiger partial charge in [0.15, 0.2) is 5.82 Å². The van der Waals surface area contributed by atoms with Crippen LogP contribution in [0, 0.1) is 5.82 Å². The van der Waals surface area contributed by atoms with Gasteiger partial charge < -0.3 is 11.1 Å². The molecule has 0 radical (unpaired) electrons. The molecular formula is C19H18F4N6O2. The predicted molar refractivity (Wildman–Crippen MR) is 103 cm³/mol. The zero-order valence-corrected chi connectivity index (χ0v) is 16.2. The zero-order valence-electron chi connectivity index (χ0n) is 16.2. The lowest BCUT2D eigenvalue weighted by Gasteiger charge is -2.28. The van der Waals surface area contributed by atoms with E-state index in [1.165, 1.54) is 12.3 Å². The second kappa shape index (κ2) is 8.78. The highest BCUT2D eigenvalue weighted by Gasteiger charge is 2.35. The fourth-order valence-corrected chi connectivity index (χ4v) is 3.06. The van der Waals surface area contributed by atoms with Crippen molar-refractivity contribution in [2.45, 2.75) is 19.1 Å². The summed E-state index contributed by atoms with van der Waals surface area (Å²) in [6.07, 6.45) is -2.59. The number of carbonyl (C=O) groups excluding carboxylic acids is 1. The van der Waals surface area contributed by atoms with Crippen molar-refractivity contribution in [2.75, 3.05) is 18.2 Å². The number of nitrogens with two attached hydrogens (primary N) is 1. The molecule has 0 saturated heterocycles. The third kappa shape index (κ3) is 4.54. The van der Waals surface area contributed by atoms with Crippen molar-refractivity contribution >= 4 is 22.8 Å². The van der Waals surface area contributed by atoms with Gasteiger partial charge in [-0.3, -0.25) is 15.0 Å². The summed E-state index contributed by atoms with van der Waals surface area (Å²) in [6.45, 7) is 2.22. The number of fused-ring (bicyclic) bond motifs is 1. The highest BCUT2D eigenvalue weighted by Crippen LogP contribution is 2.35. The monoisotopic (exact) mass is 438 g/mol. The van der Waals surface area contributed by atoms with Gasteiger partial charge in [0.05, 0.1) is 17.2 Å². The number of hydrogen-bond acceptors (Lipinski definition) is 7. The first kappa shape index (κ1) is 22.3. The molecular weight excluding hydrogens is 420 g/mol. The molecule has 0 aliphatic rings. The Balaban J connectivity index is 2.13. The number of likely N-dealkylation sites (N-methyl/N-ethyl adjacent to an activating group) is 1. The summed E-state index contributed by atoms with van der Waals surface area (Å²) in [7, 11) is 0. The lowest BCUT2D eigenvalue weighted by atomic mass is 10.0. The van der Waals surface area contributed by atoms with Gasteiger partial charge in [-0.2, -0.15) is 13.2 Å². The minimum Gasteiger partial charge on any atom is -0.366 e. The number of hydrogen-bond donors (Lipinski definition) is 3. The summed E-state index contributed by atoms with van der Waals surface area (Å²) < 4.78 is 53.3. The number of primary amides is 1. The van der Waals surface area contributed by atoms with Crippen LogP contribution in [0.15, 0.2) is 36.8 Å². The van der Waals surface area contributed by atoms with Crippen molar-refractivity contribution in [3.8, 4) is 0 Å². The maximum Gasteiger partial charge on any atom is 0.419 e. The smallest absolute Gasteiger partial charge is 0.366 e. The molecule has 4 N–H and O–H groups in total. The Kier molecular flexibility index (Phi) is 6.32. The predicted octanol–water partition coefficient (Wildman–Crippen LogP) is 2.83. The van der Waals surface area contributed by atoms with Gasteiger partial charge in [0.25, 0.3) is 5.91 Å². The second-order valence-electron chi connectivity index (χ2n) is 6.52. The fourth-order valence-electron chi connectivity index (χ4n) is 3.06. The molecule has 0 aliphatic carbocycles. The quantitative estimate of drug-likeness (QED) is 0.384. The molecule has 3 rings (SSSR count). The van der Waals surface area contributed by atoms with Gasteiger partial charge in [0.1, 0.15) is 23.2 Å². The van der Waals surface area contributed by atoms with Crippen molar-refractivity contribution in [1.29, 1.82) is 0 Å². The number of benzene rings is 1. The van der Waals surface area contributed by atoms with Crippen molar-refractivity contribution in [3.05, 3.63) is 59.3 Å². The van der Waals surface area contributed by atoms with E-state index in [0.717, 1.165) is 12.4 Å². The average Bonchev–Trinajstić information content (AvgIpc) is 2.73. The average molecular weight is 438 g/mol. The van der Waals surface area contributed by atoms with Crippen LogP contribution in [0.2, 0.25) is 0 Å². The third-order valence-electron chi connectivity index (χ3n) is 4.55. The van der Waals surface area contributed by atoms with E-state index in [0.29, 0.717) is 23.7 Å². The number of anilines is 1. The molecule has 0 fully saturated rings. The number of rotatable bonds is 7. The van der Waals surface area contributed by atoms with Crippen LogP contribution < -0.4 is 16.1 Å². The molecule has 0 saturated carbocycles. The highest BCUT2D eigenvalue weighted by atomic mass is 19.4. The van der Waals surface area contributed by atoms with Gasteiger partial charge >= 0.3 is 6.18 Å². The van der Waals surface area contributed by atoms with Crippen LogP contribution in [0.1, 0.15) is 34.5 Å². The SMILES string of the molecule is CCNC[C@H](c1ccc(F)c(C(F)(F)F)c1)N(O)c1ncnc2c(C(N)=O)ccnc12. The molecule has 8 nitrogen and oxygen atoms in total. The van der Waals surface area contributed by atoms with Crippen LogP contribution in [-0.4, -0.2) is 39.2 Å². The Morgan fingerprint density at radius 2 is 1.97 bits per heavy atom. The third-order valence-corrected chi connectivity index (χ3v) is 4.55. The van der Waals surface area contributed by atoms with E-state index < -0.39 is 29.5 Å². The van der Waals surface area contributed by atoms with Crippen molar-refractivity contribution in [3.63, 3.8) is 0 Å². The molecule has 0 spiro atoms. The number of pyridine rings is 1. The van der Waals surface area contributed by atoms with Gasteiger partial charge in [-0.05, 0) is 30.3 Å². The standard InChI is InChI=1S/C19H18F4N6O2/c1-2-25-8-14(10-3-4-13(20)12(7-10)19(21,22)23)29(31)18-16-15(27-9-28-18)11(17(24)30)5-6-26-16/h3-7,9,14,25,31H,2,8H2,1H3,(H2,24,30)/t14-/m1/s1. The Labute approximate surface area is 173 Å². The summed E-state index contributed by atoms with van der Waals surface area (Å²) >= 11 is 0. The molecule has 3 aromatic rings. The molecule has 2 heterocycles. The number of aromatic nitrogens is 3. The molecule has 31 heavy (non-hydrogen) atoms. The van der Waals surface area contributed by atoms with E-state index in [-0.39, 0.29) is 34.5 Å². The zero-order chi connectivity index (χ0) is 22.8. The van der Waals surface area contributed by atoms with Gasteiger partial charge in [0, 0.05) is 12.7 Å². The summed E-state index contributed by atoms with van der Waals surface area (Å²) in [4.78, 5) is 23.7. The minimum absolute atomic E-state index is 0.00304. The lowest BCUT2D eigenvalue weighted by molar-refractivity contribution is -0.140. The maximum absolute atomic E-state index is 13.7. The summed E-state index contributed by atoms with van der Waals surface area (Å²) in [5.74, 6) is -2.36. The van der Waals surface area contributed by atoms with E-state index in [4.69, 9.17) is 5.73 Å². The number of alkyl halides is 3. The van der Waals surface area contributed by atoms with E-state index >= 15 is 0 Å². The summed E-state index contributed by atoms with van der Waals surface area (Å²) in [5.41, 5.74) is 3.98. The van der Waals surface area contributed by atoms with E-state index in [9.17, 15) is 27.6 Å². The molecule has 2 aromatic heterocycles. The molecule has 0 bridgehead atoms. The molecule has 0 unspecified atom stereocenters. The highest BCUT2D eigenvalue weighted by molar-refractivity contribution is 6.05. The van der Waals surface area contributed by atoms with E-state index in [2.05, 4.69) is 20.3 Å². The topological polar surface area (TPSA) is 117 Å². The van der Waals surface area contributed by atoms with Crippen molar-refractivity contribution < 1.29 is 27.6 Å². The van der Waals surface area contributed by atoms with Crippen molar-refractivity contribution in [1.82, 2.24) is 20.3 Å². The Bertz CT molecular complexity index is 1110. The summed E-state index contributed by atoms with van der Waals surface area (Å²) in [6, 6.07) is 2.70. The molecule has 164 valence electrons. The van der Waals surface area contributed by atoms with Gasteiger partial charge in [-0.25, -0.2) is 19.4 Å². The van der Waals surface area contributed by atoms with Gasteiger partial charge in [0.2, 0.25) is 0 Å². The first-order chi connectivity index (χ1) is 14.6. The number of hydroxylamine groups is 1. The summed E-state index contributed by atoms with van der Waals surface area (Å²) in [5, 5.41) is 14.5. The number of amides is 1. The number of nitrogens with zero attached hydrogens (tertiary/aromatic N) is 4. The minimum atomic E-state index is -4.91. The van der Waals surface area contributed by atoms with Gasteiger partial charge in [-0.15, -0.1) is 0 Å². The first-order valence-corrected chi connectivity index (χ1v) is 9.10. The first-order valence-electron chi connectivity index (χ1n) is 9.10. The molecule has 1 atom stereocenters. The van der Waals surface area contributed by atoms with Crippen LogP contribution in [0.5, 0.6) is 0 Å². The molecule has 1 aromatic carbocycles. The molecule has 12 heteroatoms. The maximum atomic E-state index is 13.7. The molecule has 0 aliphatic heterocycles. The normalized spacial score (nSPS) is 12.7. The van der Waals surface area contributed by atoms with Crippen molar-refractivity contribution in [2.24, 2.45) is 5.73 Å². The lowest BCUT2D eigenvalue weighted by Crippen LogP contribution is -2.35. The van der Waals surface area contributed by atoms with Crippen LogP contribution in [-0.2, 0) is 6.18 Å². The van der Waals surface area contributed by atoms with Gasteiger partial charge in [-0.1, -0.05) is 13.0 Å². The Morgan fingerprint density at radius 1 is 1.23 bits per heavy atom. The number of nitrogens with one attached hydrogen (secondary N) is 1. The van der Waals surface area contributed by atoms with E-state index in [1.807, 2.05) is 0 Å². The van der Waals surface area contributed by atoms with Crippen LogP contribution in [0.25, 0.3) is 11.0 Å². The number of carbonyl (C=O) groups is 1. The Morgan fingerprint density at radius 3 is 2.61 bits per heavy atom. The number of halogens is 4.